The number of benzene rings is 1. The number of rotatable bonds is 10. The minimum absolute atomic E-state index is 0.146. The maximum Gasteiger partial charge on any atom is 0.362 e. The number of carbonyl (C=O) groups excluding carboxylic acids is 2. The molecule has 244 valence electrons. The molecule has 6 N–H and O–H groups in total. The first-order valence-electron chi connectivity index (χ1n) is 14.2. The van der Waals surface area contributed by atoms with Gasteiger partial charge in [0.1, 0.15) is 30.2 Å². The number of hydrogen-bond donors (Lipinski definition) is 5. The van der Waals surface area contributed by atoms with Crippen molar-refractivity contribution in [3.8, 4) is 0 Å². The molecule has 5 rings (SSSR count). The van der Waals surface area contributed by atoms with Crippen LogP contribution in [0.25, 0.3) is 11.2 Å². The zero-order valence-electron chi connectivity index (χ0n) is 25.4. The number of nitrogens with one attached hydrogen (secondary N) is 2. The lowest BCUT2D eigenvalue weighted by Crippen LogP contribution is -2.49. The van der Waals surface area contributed by atoms with Crippen LogP contribution in [0.3, 0.4) is 0 Å². The predicted octanol–water partition coefficient (Wildman–Crippen LogP) is 0.804. The Hall–Kier alpha value is -3.52. The number of carbonyl (C=O) groups is 2. The normalized spacial score (nSPS) is 25.4. The van der Waals surface area contributed by atoms with Gasteiger partial charge in [-0.2, -0.15) is 8.42 Å². The van der Waals surface area contributed by atoms with E-state index < -0.39 is 73.7 Å². The van der Waals surface area contributed by atoms with E-state index in [1.54, 1.807) is 22.9 Å². The van der Waals surface area contributed by atoms with Crippen LogP contribution in [-0.2, 0) is 34.2 Å². The molecule has 1 fully saturated rings. The van der Waals surface area contributed by atoms with Crippen molar-refractivity contribution < 1.29 is 41.6 Å². The Morgan fingerprint density at radius 1 is 1.24 bits per heavy atom. The smallest absolute Gasteiger partial charge is 0.362 e. The van der Waals surface area contributed by atoms with Crippen molar-refractivity contribution in [2.75, 3.05) is 12.3 Å². The highest BCUT2D eigenvalue weighted by atomic mass is 32.2. The highest BCUT2D eigenvalue weighted by molar-refractivity contribution is 7.85. The highest BCUT2D eigenvalue weighted by Gasteiger charge is 2.51. The van der Waals surface area contributed by atoms with Crippen LogP contribution in [0.4, 0.5) is 5.82 Å². The van der Waals surface area contributed by atoms with E-state index in [0.29, 0.717) is 11.2 Å². The first-order valence-corrected chi connectivity index (χ1v) is 18.5. The molecular weight excluding hydrogens is 626 g/mol. The molecule has 2 aliphatic heterocycles. The van der Waals surface area contributed by atoms with Gasteiger partial charge in [-0.1, -0.05) is 39.0 Å². The van der Waals surface area contributed by atoms with Crippen LogP contribution < -0.4 is 15.8 Å². The number of amides is 2. The number of imidazole rings is 1. The molecule has 18 heteroatoms. The standard InChI is InChI=1S/C27H37N7O9SSi/c1-26(2,3)45(4,5)43-21-20(36)17(42-25(21)34-14-31-19-22(28)29-13-30-23(19)34)12-41-44(39,40)33-18(35)10-11-27(38)16-9-7-6-8-15(16)24(37)32-27/h6-9,13-14,17,20-21,25,36,38H,10-12H2,1-5H3,(H,32,37)(H,33,35)(H2,28,29,30)/t17-,20-,21-,25-,27?/m1/s1. The third-order valence-electron chi connectivity index (χ3n) is 8.49. The van der Waals surface area contributed by atoms with Crippen LogP contribution in [0, 0.1) is 0 Å². The number of aliphatic hydroxyl groups excluding tert-OH is 1. The molecule has 45 heavy (non-hydrogen) atoms. The molecule has 2 aliphatic rings. The Kier molecular flexibility index (Phi) is 8.53. The van der Waals surface area contributed by atoms with E-state index in [2.05, 4.69) is 20.3 Å². The summed E-state index contributed by atoms with van der Waals surface area (Å²) in [6.07, 6.45) is -2.54. The number of nitrogens with two attached hydrogens (primary N) is 1. The monoisotopic (exact) mass is 663 g/mol. The summed E-state index contributed by atoms with van der Waals surface area (Å²) in [7, 11) is -7.17. The maximum absolute atomic E-state index is 12.7. The van der Waals surface area contributed by atoms with E-state index in [1.807, 2.05) is 33.9 Å². The van der Waals surface area contributed by atoms with Crippen LogP contribution in [0.2, 0.25) is 18.1 Å². The van der Waals surface area contributed by atoms with Crippen LogP contribution >= 0.6 is 0 Å². The van der Waals surface area contributed by atoms with Gasteiger partial charge in [-0.3, -0.25) is 18.3 Å². The van der Waals surface area contributed by atoms with E-state index in [9.17, 15) is 28.2 Å². The lowest BCUT2D eigenvalue weighted by atomic mass is 9.97. The molecule has 3 aromatic rings. The number of ether oxygens (including phenoxy) is 1. The summed E-state index contributed by atoms with van der Waals surface area (Å²) in [5.41, 5.74) is 5.31. The van der Waals surface area contributed by atoms with Crippen molar-refractivity contribution in [3.05, 3.63) is 48.0 Å². The summed E-state index contributed by atoms with van der Waals surface area (Å²) in [6, 6.07) is 6.34. The van der Waals surface area contributed by atoms with Crippen LogP contribution in [0.5, 0.6) is 0 Å². The topological polar surface area (TPSA) is 230 Å². The zero-order chi connectivity index (χ0) is 32.9. The summed E-state index contributed by atoms with van der Waals surface area (Å²) < 4.78 is 46.4. The summed E-state index contributed by atoms with van der Waals surface area (Å²) in [4.78, 5) is 37.2. The van der Waals surface area contributed by atoms with E-state index in [-0.39, 0.29) is 28.4 Å². The zero-order valence-corrected chi connectivity index (χ0v) is 27.2. The number of fused-ring (bicyclic) bond motifs is 2. The van der Waals surface area contributed by atoms with Gasteiger partial charge in [0, 0.05) is 24.0 Å². The molecule has 0 spiro atoms. The van der Waals surface area contributed by atoms with Gasteiger partial charge in [0.25, 0.3) is 5.91 Å². The van der Waals surface area contributed by atoms with Crippen LogP contribution in [0.15, 0.2) is 36.9 Å². The number of aromatic nitrogens is 4. The van der Waals surface area contributed by atoms with E-state index >= 15 is 0 Å². The fourth-order valence-electron chi connectivity index (χ4n) is 5.01. The van der Waals surface area contributed by atoms with Crippen LogP contribution in [0.1, 0.15) is 55.8 Å². The Bertz CT molecular complexity index is 1730. The lowest BCUT2D eigenvalue weighted by molar-refractivity contribution is -0.121. The van der Waals surface area contributed by atoms with Gasteiger partial charge in [0.15, 0.2) is 31.7 Å². The van der Waals surface area contributed by atoms with Crippen molar-refractivity contribution in [2.45, 2.75) is 82.0 Å². The quantitative estimate of drug-likeness (QED) is 0.189. The second kappa shape index (κ2) is 11.7. The molecule has 0 radical (unpaired) electrons. The van der Waals surface area contributed by atoms with Crippen molar-refractivity contribution in [1.82, 2.24) is 29.6 Å². The van der Waals surface area contributed by atoms with Crippen molar-refractivity contribution in [1.29, 1.82) is 0 Å². The Balaban J connectivity index is 1.27. The molecule has 16 nitrogen and oxygen atoms in total. The van der Waals surface area contributed by atoms with E-state index in [1.165, 1.54) is 23.3 Å². The van der Waals surface area contributed by atoms with Gasteiger partial charge in [0.2, 0.25) is 5.91 Å². The second-order valence-corrected chi connectivity index (χ2v) is 18.7. The molecule has 0 aliphatic carbocycles. The molecule has 5 atom stereocenters. The van der Waals surface area contributed by atoms with Crippen molar-refractivity contribution >= 4 is 47.4 Å². The van der Waals surface area contributed by atoms with Gasteiger partial charge in [0.05, 0.1) is 12.9 Å². The number of nitrogen functional groups attached to an aromatic ring is 1. The van der Waals surface area contributed by atoms with E-state index in [4.69, 9.17) is 19.1 Å². The molecule has 1 aromatic carbocycles. The Morgan fingerprint density at radius 3 is 2.67 bits per heavy atom. The van der Waals surface area contributed by atoms with Gasteiger partial charge >= 0.3 is 10.3 Å². The van der Waals surface area contributed by atoms with Crippen molar-refractivity contribution in [2.24, 2.45) is 0 Å². The molecule has 0 saturated carbocycles. The fourth-order valence-corrected chi connectivity index (χ4v) is 7.06. The largest absolute Gasteiger partial charge is 0.407 e. The summed E-state index contributed by atoms with van der Waals surface area (Å²) in [5, 5.41) is 24.4. The number of hydrogen-bond acceptors (Lipinski definition) is 13. The van der Waals surface area contributed by atoms with Gasteiger partial charge in [-0.15, -0.1) is 0 Å². The predicted molar refractivity (Wildman–Crippen MR) is 162 cm³/mol. The maximum atomic E-state index is 12.7. The SMILES string of the molecule is CC(C)(C)[Si](C)(C)O[C@@H]1[C@H](O)[C@@H](COS(=O)(=O)NC(=O)CCC2(O)NC(=O)c3ccccc32)O[C@H]1n1cnc2c(N)ncnc21. The number of anilines is 1. The molecule has 0 bridgehead atoms. The Labute approximate surface area is 260 Å². The molecule has 2 aromatic heterocycles. The molecular formula is C27H37N7O9SSi. The summed E-state index contributed by atoms with van der Waals surface area (Å²) in [6.45, 7) is 9.44. The average Bonchev–Trinajstić information content (AvgIpc) is 3.59. The minimum Gasteiger partial charge on any atom is -0.407 e. The Morgan fingerprint density at radius 2 is 1.96 bits per heavy atom. The molecule has 1 unspecified atom stereocenters. The summed E-state index contributed by atoms with van der Waals surface area (Å²) in [5.74, 6) is -1.34. The minimum atomic E-state index is -4.66. The molecule has 4 heterocycles. The lowest BCUT2D eigenvalue weighted by Gasteiger charge is -2.40. The second-order valence-electron chi connectivity index (χ2n) is 12.6. The highest BCUT2D eigenvalue weighted by Crippen LogP contribution is 2.42. The number of aliphatic hydroxyl groups is 2. The molecule has 2 amide bonds. The third kappa shape index (κ3) is 6.44. The summed E-state index contributed by atoms with van der Waals surface area (Å²) >= 11 is 0. The first-order chi connectivity index (χ1) is 20.9. The third-order valence-corrected chi connectivity index (χ3v) is 13.9. The molecule has 1 saturated heterocycles. The van der Waals surface area contributed by atoms with Crippen LogP contribution in [-0.4, -0.2) is 83.2 Å². The van der Waals surface area contributed by atoms with Gasteiger partial charge in [-0.05, 0) is 24.2 Å². The van der Waals surface area contributed by atoms with Crippen molar-refractivity contribution in [3.63, 3.8) is 0 Å². The van der Waals surface area contributed by atoms with Gasteiger partial charge in [-0.25, -0.2) is 19.7 Å². The first kappa shape index (κ1) is 32.9. The average molecular weight is 664 g/mol. The van der Waals surface area contributed by atoms with E-state index in [0.717, 1.165) is 0 Å². The fraction of sp³-hybridized carbons (Fsp3) is 0.519. The number of nitrogens with zero attached hydrogens (tertiary/aromatic N) is 4. The van der Waals surface area contributed by atoms with Gasteiger partial charge < -0.3 is 30.4 Å².